The highest BCUT2D eigenvalue weighted by Crippen LogP contribution is 2.54. The van der Waals surface area contributed by atoms with Crippen molar-refractivity contribution >= 4 is 29.2 Å². The van der Waals surface area contributed by atoms with Crippen molar-refractivity contribution in [3.05, 3.63) is 30.3 Å². The van der Waals surface area contributed by atoms with Gasteiger partial charge in [0.15, 0.2) is 17.7 Å². The smallest absolute Gasteiger partial charge is 0.230 e. The Labute approximate surface area is 158 Å². The first kappa shape index (κ1) is 19.0. The van der Waals surface area contributed by atoms with Gasteiger partial charge in [0.1, 0.15) is 11.8 Å². The molecule has 0 bridgehead atoms. The third kappa shape index (κ3) is 3.27. The number of β-lactam (4-membered cyclic amide) rings is 1. The van der Waals surface area contributed by atoms with Crippen LogP contribution in [0.15, 0.2) is 30.3 Å². The molecule has 0 radical (unpaired) electrons. The molecule has 3 rings (SSSR count). The highest BCUT2D eigenvalue weighted by Gasteiger charge is 2.62. The van der Waals surface area contributed by atoms with E-state index >= 15 is 0 Å². The minimum absolute atomic E-state index is 0.00183. The van der Waals surface area contributed by atoms with Gasteiger partial charge in [0.05, 0.1) is 11.3 Å². The van der Waals surface area contributed by atoms with Crippen LogP contribution in [0.1, 0.15) is 40.5 Å². The molecule has 1 amide bonds. The fraction of sp³-hybridized carbons (Fsp3) is 0.550. The number of thioether (sulfide) groups is 1. The van der Waals surface area contributed by atoms with Crippen molar-refractivity contribution in [2.75, 3.05) is 0 Å². The van der Waals surface area contributed by atoms with Crippen LogP contribution >= 0.6 is 11.8 Å². The van der Waals surface area contributed by atoms with Gasteiger partial charge in [0.2, 0.25) is 5.91 Å². The van der Waals surface area contributed by atoms with E-state index in [0.29, 0.717) is 12.2 Å². The molecule has 0 saturated carbocycles. The quantitative estimate of drug-likeness (QED) is 0.686. The van der Waals surface area contributed by atoms with Gasteiger partial charge in [0, 0.05) is 11.2 Å². The van der Waals surface area contributed by atoms with Gasteiger partial charge in [-0.2, -0.15) is 0 Å². The normalized spacial score (nSPS) is 27.5. The monoisotopic (exact) mass is 375 g/mol. The summed E-state index contributed by atoms with van der Waals surface area (Å²) >= 11 is 1.62. The molecule has 5 nitrogen and oxygen atoms in total. The highest BCUT2D eigenvalue weighted by atomic mass is 32.2. The molecule has 1 aromatic carbocycles. The highest BCUT2D eigenvalue weighted by molar-refractivity contribution is 8.01. The minimum atomic E-state index is -0.553. The van der Waals surface area contributed by atoms with E-state index < -0.39 is 12.1 Å². The Hall–Kier alpha value is -1.82. The number of hydrogen-bond donors (Lipinski definition) is 0. The van der Waals surface area contributed by atoms with Gasteiger partial charge in [-0.25, -0.2) is 0 Å². The Kier molecular flexibility index (Phi) is 5.15. The number of ether oxygens (including phenoxy) is 1. The van der Waals surface area contributed by atoms with Crippen LogP contribution in [0, 0.1) is 5.92 Å². The van der Waals surface area contributed by atoms with Gasteiger partial charge in [-0.3, -0.25) is 14.4 Å². The molecule has 1 unspecified atom stereocenters. The second-order valence-corrected chi connectivity index (χ2v) is 9.25. The number of ketones is 2. The number of carbonyl (C=O) groups excluding carboxylic acids is 3. The lowest BCUT2D eigenvalue weighted by Gasteiger charge is -2.44. The summed E-state index contributed by atoms with van der Waals surface area (Å²) in [6.07, 6.45) is 0.166. The van der Waals surface area contributed by atoms with Gasteiger partial charge in [-0.1, -0.05) is 25.1 Å². The number of carbonyl (C=O) groups is 3. The van der Waals surface area contributed by atoms with Crippen LogP contribution in [0.2, 0.25) is 0 Å². The lowest BCUT2D eigenvalue weighted by molar-refractivity contribution is -0.158. The molecule has 0 aliphatic carbocycles. The Morgan fingerprint density at radius 2 is 1.92 bits per heavy atom. The van der Waals surface area contributed by atoms with Crippen molar-refractivity contribution in [1.82, 2.24) is 4.90 Å². The second-order valence-electron chi connectivity index (χ2n) is 7.48. The van der Waals surface area contributed by atoms with Crippen LogP contribution in [-0.2, 0) is 14.4 Å². The van der Waals surface area contributed by atoms with Gasteiger partial charge < -0.3 is 9.64 Å². The molecule has 26 heavy (non-hydrogen) atoms. The summed E-state index contributed by atoms with van der Waals surface area (Å²) in [4.78, 5) is 39.0. The first-order valence-electron chi connectivity index (χ1n) is 9.01. The predicted molar refractivity (Wildman–Crippen MR) is 101 cm³/mol. The third-order valence-corrected chi connectivity index (χ3v) is 6.74. The zero-order chi connectivity index (χ0) is 19.1. The molecule has 1 aromatic rings. The average Bonchev–Trinajstić information content (AvgIpc) is 2.86. The number of nitrogens with zero attached hydrogens (tertiary/aromatic N) is 1. The third-order valence-electron chi connectivity index (χ3n) is 5.11. The SMILES string of the molecule is CCC(Oc1ccccc1)C(=O)C[C@@H]1C(=O)N2[C@@H]1SC(C)(C)[C@@H]2C(C)=O. The zero-order valence-corrected chi connectivity index (χ0v) is 16.4. The molecule has 2 saturated heterocycles. The van der Waals surface area contributed by atoms with Crippen molar-refractivity contribution in [2.24, 2.45) is 5.92 Å². The summed E-state index contributed by atoms with van der Waals surface area (Å²) in [6.45, 7) is 7.41. The number of benzene rings is 1. The maximum atomic E-state index is 12.7. The molecule has 0 aromatic heterocycles. The van der Waals surface area contributed by atoms with E-state index in [2.05, 4.69) is 0 Å². The van der Waals surface area contributed by atoms with E-state index in [9.17, 15) is 14.4 Å². The summed E-state index contributed by atoms with van der Waals surface area (Å²) in [6, 6.07) is 8.84. The number of Topliss-reactive ketones (excluding diaryl/α,β-unsaturated/α-hetero) is 2. The molecule has 4 atom stereocenters. The number of hydrogen-bond acceptors (Lipinski definition) is 5. The van der Waals surface area contributed by atoms with E-state index in [1.807, 2.05) is 51.1 Å². The zero-order valence-electron chi connectivity index (χ0n) is 15.6. The fourth-order valence-corrected chi connectivity index (χ4v) is 5.68. The van der Waals surface area contributed by atoms with Crippen LogP contribution in [0.4, 0.5) is 0 Å². The standard InChI is InChI=1S/C20H25NO4S/c1-5-16(25-13-9-7-6-8-10-13)15(23)11-14-18(24)21-17(12(2)22)20(3,4)26-19(14)21/h6-10,14,16-17,19H,5,11H2,1-4H3/t14-,16?,17+,19-/m1/s1. The molecule has 2 fully saturated rings. The predicted octanol–water partition coefficient (Wildman–Crippen LogP) is 3.07. The summed E-state index contributed by atoms with van der Waals surface area (Å²) in [5.74, 6) is 0.157. The first-order valence-corrected chi connectivity index (χ1v) is 9.89. The Bertz CT molecular complexity index is 718. The fourth-order valence-electron chi connectivity index (χ4n) is 3.94. The van der Waals surface area contributed by atoms with E-state index in [1.165, 1.54) is 6.92 Å². The molecular formula is C20H25NO4S. The summed E-state index contributed by atoms with van der Waals surface area (Å²) in [7, 11) is 0. The van der Waals surface area contributed by atoms with E-state index in [-0.39, 0.29) is 39.9 Å². The molecular weight excluding hydrogens is 350 g/mol. The van der Waals surface area contributed by atoms with Gasteiger partial charge in [-0.15, -0.1) is 11.8 Å². The largest absolute Gasteiger partial charge is 0.483 e. The number of para-hydroxylation sites is 1. The lowest BCUT2D eigenvalue weighted by Crippen LogP contribution is -2.62. The Balaban J connectivity index is 1.67. The molecule has 2 heterocycles. The van der Waals surface area contributed by atoms with Crippen molar-refractivity contribution < 1.29 is 19.1 Å². The van der Waals surface area contributed by atoms with Gasteiger partial charge >= 0.3 is 0 Å². The first-order chi connectivity index (χ1) is 12.3. The van der Waals surface area contributed by atoms with Crippen molar-refractivity contribution in [2.45, 2.75) is 62.8 Å². The number of fused-ring (bicyclic) bond motifs is 1. The summed E-state index contributed by atoms with van der Waals surface area (Å²) < 4.78 is 5.48. The van der Waals surface area contributed by atoms with Gasteiger partial charge in [-0.05, 0) is 39.3 Å². The van der Waals surface area contributed by atoms with Crippen LogP contribution in [-0.4, -0.2) is 44.6 Å². The molecule has 2 aliphatic heterocycles. The van der Waals surface area contributed by atoms with Crippen LogP contribution in [0.25, 0.3) is 0 Å². The summed E-state index contributed by atoms with van der Waals surface area (Å²) in [5.41, 5.74) is 0. The Morgan fingerprint density at radius 1 is 1.27 bits per heavy atom. The van der Waals surface area contributed by atoms with E-state index in [0.717, 1.165) is 0 Å². The maximum absolute atomic E-state index is 12.7. The molecule has 0 spiro atoms. The molecule has 140 valence electrons. The van der Waals surface area contributed by atoms with Crippen LogP contribution < -0.4 is 4.74 Å². The second kappa shape index (κ2) is 7.06. The topological polar surface area (TPSA) is 63.7 Å². The lowest BCUT2D eigenvalue weighted by atomic mass is 9.86. The van der Waals surface area contributed by atoms with E-state index in [4.69, 9.17) is 4.74 Å². The molecule has 6 heteroatoms. The van der Waals surface area contributed by atoms with Crippen LogP contribution in [0.5, 0.6) is 5.75 Å². The van der Waals surface area contributed by atoms with Crippen molar-refractivity contribution in [3.63, 3.8) is 0 Å². The maximum Gasteiger partial charge on any atom is 0.230 e. The minimum Gasteiger partial charge on any atom is -0.483 e. The Morgan fingerprint density at radius 3 is 2.50 bits per heavy atom. The van der Waals surface area contributed by atoms with Crippen molar-refractivity contribution in [1.29, 1.82) is 0 Å². The van der Waals surface area contributed by atoms with Crippen molar-refractivity contribution in [3.8, 4) is 5.75 Å². The molecule has 0 N–H and O–H groups in total. The number of amides is 1. The number of rotatable bonds is 7. The van der Waals surface area contributed by atoms with Crippen LogP contribution in [0.3, 0.4) is 0 Å². The van der Waals surface area contributed by atoms with E-state index in [1.54, 1.807) is 16.7 Å². The molecule has 2 aliphatic rings. The van der Waals surface area contributed by atoms with Gasteiger partial charge in [0.25, 0.3) is 0 Å². The average molecular weight is 375 g/mol. The summed E-state index contributed by atoms with van der Waals surface area (Å²) in [5, 5.41) is -0.0930.